The Kier molecular flexibility index (Phi) is 3.11. The monoisotopic (exact) mass is 250 g/mol. The number of nitrogens with two attached hydrogens (primary N) is 1. The van der Waals surface area contributed by atoms with Gasteiger partial charge in [-0.2, -0.15) is 4.98 Å². The number of rotatable bonds is 3. The molecule has 1 amide bonds. The molecule has 0 radical (unpaired) electrons. The fraction of sp³-hybridized carbons (Fsp3) is 0.400. The lowest BCUT2D eigenvalue weighted by molar-refractivity contribution is -0.118. The van der Waals surface area contributed by atoms with E-state index in [-0.39, 0.29) is 23.3 Å². The highest BCUT2D eigenvalue weighted by atomic mass is 16.2. The summed E-state index contributed by atoms with van der Waals surface area (Å²) in [5, 5.41) is 2.56. The number of hydrogen-bond acceptors (Lipinski definition) is 5. The fourth-order valence-electron chi connectivity index (χ4n) is 1.45. The van der Waals surface area contributed by atoms with Crippen LogP contribution < -0.4 is 16.7 Å². The number of imidazole rings is 1. The van der Waals surface area contributed by atoms with E-state index in [9.17, 15) is 9.59 Å². The molecule has 0 fully saturated rings. The first-order valence-corrected chi connectivity index (χ1v) is 5.49. The number of aromatic amines is 2. The van der Waals surface area contributed by atoms with Gasteiger partial charge in [0.15, 0.2) is 5.65 Å². The molecular formula is C10H14N6O2. The zero-order valence-electron chi connectivity index (χ0n) is 10.0. The van der Waals surface area contributed by atoms with E-state index in [1.54, 1.807) is 0 Å². The highest BCUT2D eigenvalue weighted by molar-refractivity contribution is 5.99. The van der Waals surface area contributed by atoms with E-state index in [1.807, 2.05) is 13.8 Å². The van der Waals surface area contributed by atoms with Gasteiger partial charge in [-0.3, -0.25) is 9.78 Å². The van der Waals surface area contributed by atoms with Crippen molar-refractivity contribution >= 4 is 22.9 Å². The standard InChI is InChI=1S/C10H14N6O2/c1-4(2)5(11)9(17)14-8-6-7(13-3-12-6)15-10(18)16-8/h3-5H,11H2,1-2H3,(H3,12,13,14,15,16,17,18)/t5-/m0/s1. The van der Waals surface area contributed by atoms with Crippen LogP contribution in [0.1, 0.15) is 13.8 Å². The topological polar surface area (TPSA) is 130 Å². The lowest BCUT2D eigenvalue weighted by atomic mass is 10.1. The third-order valence-electron chi connectivity index (χ3n) is 2.58. The van der Waals surface area contributed by atoms with Gasteiger partial charge in [0, 0.05) is 0 Å². The van der Waals surface area contributed by atoms with Gasteiger partial charge < -0.3 is 16.0 Å². The van der Waals surface area contributed by atoms with E-state index in [0.717, 1.165) is 0 Å². The number of fused-ring (bicyclic) bond motifs is 1. The van der Waals surface area contributed by atoms with Gasteiger partial charge in [-0.15, -0.1) is 0 Å². The van der Waals surface area contributed by atoms with Crippen molar-refractivity contribution in [2.45, 2.75) is 19.9 Å². The molecule has 2 rings (SSSR count). The van der Waals surface area contributed by atoms with E-state index in [2.05, 4.69) is 25.3 Å². The first-order chi connectivity index (χ1) is 8.49. The van der Waals surface area contributed by atoms with Crippen molar-refractivity contribution in [3.63, 3.8) is 0 Å². The molecule has 18 heavy (non-hydrogen) atoms. The average Bonchev–Trinajstić information content (AvgIpc) is 2.75. The molecule has 5 N–H and O–H groups in total. The Hall–Kier alpha value is -2.22. The van der Waals surface area contributed by atoms with Crippen LogP contribution in [-0.4, -0.2) is 31.9 Å². The number of anilines is 1. The van der Waals surface area contributed by atoms with Gasteiger partial charge in [0.25, 0.3) is 0 Å². The van der Waals surface area contributed by atoms with Crippen LogP contribution in [0.5, 0.6) is 0 Å². The predicted octanol–water partition coefficient (Wildman–Crippen LogP) is -0.432. The molecule has 2 aromatic heterocycles. The van der Waals surface area contributed by atoms with Crippen molar-refractivity contribution in [1.82, 2.24) is 19.9 Å². The molecule has 2 aromatic rings. The third-order valence-corrected chi connectivity index (χ3v) is 2.58. The molecular weight excluding hydrogens is 236 g/mol. The average molecular weight is 250 g/mol. The number of nitrogens with zero attached hydrogens (tertiary/aromatic N) is 2. The summed E-state index contributed by atoms with van der Waals surface area (Å²) < 4.78 is 0. The molecule has 0 saturated heterocycles. The van der Waals surface area contributed by atoms with Crippen LogP contribution in [0.4, 0.5) is 5.82 Å². The Balaban J connectivity index is 2.34. The van der Waals surface area contributed by atoms with Crippen LogP contribution in [-0.2, 0) is 4.79 Å². The molecule has 0 bridgehead atoms. The van der Waals surface area contributed by atoms with Gasteiger partial charge in [-0.1, -0.05) is 13.8 Å². The van der Waals surface area contributed by atoms with Gasteiger partial charge >= 0.3 is 5.69 Å². The smallest absolute Gasteiger partial charge is 0.340 e. The summed E-state index contributed by atoms with van der Waals surface area (Å²) in [7, 11) is 0. The van der Waals surface area contributed by atoms with Gasteiger partial charge in [0.05, 0.1) is 12.4 Å². The Bertz CT molecular complexity index is 629. The maximum atomic E-state index is 11.8. The van der Waals surface area contributed by atoms with E-state index >= 15 is 0 Å². The lowest BCUT2D eigenvalue weighted by Gasteiger charge is -2.15. The molecule has 8 nitrogen and oxygen atoms in total. The van der Waals surface area contributed by atoms with Crippen LogP contribution in [0.3, 0.4) is 0 Å². The maximum Gasteiger partial charge on any atom is 0.348 e. The molecule has 0 aromatic carbocycles. The normalized spacial score (nSPS) is 12.9. The number of nitrogens with one attached hydrogen (secondary N) is 3. The number of hydrogen-bond donors (Lipinski definition) is 4. The molecule has 0 aliphatic rings. The fourth-order valence-corrected chi connectivity index (χ4v) is 1.45. The quantitative estimate of drug-likeness (QED) is 0.587. The summed E-state index contributed by atoms with van der Waals surface area (Å²) in [6.45, 7) is 3.68. The number of H-pyrrole nitrogens is 2. The van der Waals surface area contributed by atoms with Crippen LogP contribution in [0, 0.1) is 5.92 Å². The number of carbonyl (C=O) groups excluding carboxylic acids is 1. The molecule has 96 valence electrons. The van der Waals surface area contributed by atoms with E-state index < -0.39 is 11.7 Å². The molecule has 8 heteroatoms. The first kappa shape index (κ1) is 12.2. The van der Waals surface area contributed by atoms with Crippen molar-refractivity contribution in [2.24, 2.45) is 11.7 Å². The second-order valence-corrected chi connectivity index (χ2v) is 4.28. The zero-order valence-corrected chi connectivity index (χ0v) is 10.0. The molecule has 0 saturated carbocycles. The number of amides is 1. The minimum Gasteiger partial charge on any atom is -0.340 e. The maximum absolute atomic E-state index is 11.8. The minimum atomic E-state index is -0.653. The summed E-state index contributed by atoms with van der Waals surface area (Å²) in [6.07, 6.45) is 1.39. The molecule has 0 aliphatic heterocycles. The highest BCUT2D eigenvalue weighted by Gasteiger charge is 2.19. The number of aromatic nitrogens is 4. The van der Waals surface area contributed by atoms with E-state index in [1.165, 1.54) is 6.33 Å². The SMILES string of the molecule is CC(C)[C@H](N)C(=O)Nc1[nH]c(=O)nc2nc[nH]c12. The molecule has 0 spiro atoms. The summed E-state index contributed by atoms with van der Waals surface area (Å²) in [4.78, 5) is 35.8. The zero-order chi connectivity index (χ0) is 13.3. The Morgan fingerprint density at radius 2 is 2.22 bits per heavy atom. The van der Waals surface area contributed by atoms with Crippen LogP contribution in [0.15, 0.2) is 11.1 Å². The Morgan fingerprint density at radius 1 is 1.50 bits per heavy atom. The molecule has 0 aliphatic carbocycles. The van der Waals surface area contributed by atoms with Crippen molar-refractivity contribution < 1.29 is 4.79 Å². The van der Waals surface area contributed by atoms with E-state index in [4.69, 9.17) is 5.73 Å². The second-order valence-electron chi connectivity index (χ2n) is 4.28. The van der Waals surface area contributed by atoms with Crippen molar-refractivity contribution in [2.75, 3.05) is 5.32 Å². The Morgan fingerprint density at radius 3 is 2.89 bits per heavy atom. The summed E-state index contributed by atoms with van der Waals surface area (Å²) >= 11 is 0. The van der Waals surface area contributed by atoms with Crippen LogP contribution in [0.2, 0.25) is 0 Å². The summed E-state index contributed by atoms with van der Waals surface area (Å²) in [5.41, 5.74) is 5.84. The molecule has 2 heterocycles. The van der Waals surface area contributed by atoms with Gasteiger partial charge in [0.2, 0.25) is 5.91 Å². The minimum absolute atomic E-state index is 0.00387. The van der Waals surface area contributed by atoms with Crippen molar-refractivity contribution in [3.05, 3.63) is 16.8 Å². The lowest BCUT2D eigenvalue weighted by Crippen LogP contribution is -2.40. The molecule has 0 unspecified atom stereocenters. The van der Waals surface area contributed by atoms with Crippen molar-refractivity contribution in [3.8, 4) is 0 Å². The van der Waals surface area contributed by atoms with Gasteiger partial charge in [0.1, 0.15) is 11.3 Å². The summed E-state index contributed by atoms with van der Waals surface area (Å²) in [5.74, 6) is -0.151. The van der Waals surface area contributed by atoms with Gasteiger partial charge in [-0.25, -0.2) is 9.78 Å². The predicted molar refractivity (Wildman–Crippen MR) is 66.0 cm³/mol. The summed E-state index contributed by atoms with van der Waals surface area (Å²) in [6, 6.07) is -0.653. The van der Waals surface area contributed by atoms with Crippen LogP contribution in [0.25, 0.3) is 11.2 Å². The van der Waals surface area contributed by atoms with Crippen LogP contribution >= 0.6 is 0 Å². The first-order valence-electron chi connectivity index (χ1n) is 5.49. The highest BCUT2D eigenvalue weighted by Crippen LogP contribution is 2.13. The largest absolute Gasteiger partial charge is 0.348 e. The van der Waals surface area contributed by atoms with E-state index in [0.29, 0.717) is 5.52 Å². The Labute approximate surface area is 102 Å². The van der Waals surface area contributed by atoms with Gasteiger partial charge in [-0.05, 0) is 5.92 Å². The third kappa shape index (κ3) is 2.23. The number of carbonyl (C=O) groups is 1. The second kappa shape index (κ2) is 4.57. The van der Waals surface area contributed by atoms with Crippen molar-refractivity contribution in [1.29, 1.82) is 0 Å². The molecule has 1 atom stereocenters.